The maximum absolute atomic E-state index is 14.9. The molecule has 0 N–H and O–H groups in total. The standard InChI is InChI=1S/C37H34Cl2F10N4O8/c1-31(2,3)61-29(55)32(4,5)18-57-10-11-58-30(56)59-19-52(33(17-50)8-9-33)28(54)23-12-20(6-7-24(23)38)21-15-51-53(16-21)27-25(39)13-22(14-26(27)60-37(47,48)49)34(40,35(41,42)43)36(44,45)46/h6-7,12-16H,8-11,18-19H2,1-5H3. The van der Waals surface area contributed by atoms with Crippen molar-refractivity contribution in [3.05, 3.63) is 63.9 Å². The van der Waals surface area contributed by atoms with E-state index in [9.17, 15) is 63.5 Å². The summed E-state index contributed by atoms with van der Waals surface area (Å²) in [6, 6.07) is 4.95. The number of aromatic nitrogens is 2. The number of hydrogen-bond acceptors (Lipinski definition) is 10. The molecular formula is C37H34Cl2F10N4O8. The van der Waals surface area contributed by atoms with E-state index in [1.54, 1.807) is 34.6 Å². The fourth-order valence-electron chi connectivity index (χ4n) is 5.38. The van der Waals surface area contributed by atoms with Gasteiger partial charge in [0.1, 0.15) is 23.4 Å². The molecule has 0 atom stereocenters. The zero-order valence-electron chi connectivity index (χ0n) is 32.4. The number of esters is 1. The van der Waals surface area contributed by atoms with Crippen LogP contribution in [0.4, 0.5) is 48.7 Å². The highest BCUT2D eigenvalue weighted by Gasteiger charge is 2.73. The molecule has 3 aromatic rings. The van der Waals surface area contributed by atoms with E-state index in [-0.39, 0.29) is 60.4 Å². The third-order valence-corrected chi connectivity index (χ3v) is 9.26. The summed E-state index contributed by atoms with van der Waals surface area (Å²) in [5.41, 5.74) is -13.1. The molecule has 0 saturated heterocycles. The molecule has 24 heteroatoms. The highest BCUT2D eigenvalue weighted by Crippen LogP contribution is 2.55. The van der Waals surface area contributed by atoms with E-state index in [1.165, 1.54) is 12.1 Å². The SMILES string of the molecule is CC(C)(C)OC(=O)C(C)(C)COCCOC(=O)OCN(C(=O)c1cc(-c2cnn(-c3c(Cl)cc(C(F)(C(F)(F)F)C(F)(F)F)cc3OC(F)(F)F)c2)ccc1Cl)C1(C#N)CC1. The second-order valence-electron chi connectivity index (χ2n) is 15.1. The Kier molecular flexibility index (Phi) is 13.9. The second-order valence-corrected chi connectivity index (χ2v) is 15.9. The Morgan fingerprint density at radius 3 is 2.03 bits per heavy atom. The first-order valence-corrected chi connectivity index (χ1v) is 18.2. The third kappa shape index (κ3) is 11.3. The Hall–Kier alpha value is -5.01. The zero-order valence-corrected chi connectivity index (χ0v) is 33.9. The zero-order chi connectivity index (χ0) is 46.1. The third-order valence-electron chi connectivity index (χ3n) is 8.64. The van der Waals surface area contributed by atoms with Crippen LogP contribution in [-0.2, 0) is 29.4 Å². The lowest BCUT2D eigenvalue weighted by atomic mass is 9.93. The van der Waals surface area contributed by atoms with Crippen molar-refractivity contribution in [2.45, 2.75) is 83.0 Å². The van der Waals surface area contributed by atoms with Gasteiger partial charge in [-0.1, -0.05) is 29.3 Å². The summed E-state index contributed by atoms with van der Waals surface area (Å²) in [7, 11) is 0. The minimum absolute atomic E-state index is 0.0406. The summed E-state index contributed by atoms with van der Waals surface area (Å²) in [6.07, 6.45) is -18.2. The van der Waals surface area contributed by atoms with Crippen molar-refractivity contribution in [1.82, 2.24) is 14.7 Å². The highest BCUT2D eigenvalue weighted by molar-refractivity contribution is 6.34. The molecule has 0 unspecified atom stereocenters. The molecule has 334 valence electrons. The van der Waals surface area contributed by atoms with Gasteiger partial charge < -0.3 is 23.7 Å². The van der Waals surface area contributed by atoms with Crippen LogP contribution in [0.1, 0.15) is 63.4 Å². The number of ether oxygens (including phenoxy) is 5. The first-order valence-electron chi connectivity index (χ1n) is 17.5. The normalized spacial score (nSPS) is 14.5. The molecule has 4 rings (SSSR count). The van der Waals surface area contributed by atoms with Crippen LogP contribution < -0.4 is 4.74 Å². The van der Waals surface area contributed by atoms with Crippen LogP contribution in [0.2, 0.25) is 10.0 Å². The summed E-state index contributed by atoms with van der Waals surface area (Å²) in [5.74, 6) is -3.25. The lowest BCUT2D eigenvalue weighted by molar-refractivity contribution is -0.348. The summed E-state index contributed by atoms with van der Waals surface area (Å²) < 4.78 is 161. The van der Waals surface area contributed by atoms with E-state index < -0.39 is 93.8 Å². The average molecular weight is 924 g/mol. The smallest absolute Gasteiger partial charge is 0.459 e. The second kappa shape index (κ2) is 17.4. The van der Waals surface area contributed by atoms with Crippen molar-refractivity contribution < 1.29 is 82.0 Å². The Morgan fingerprint density at radius 2 is 1.49 bits per heavy atom. The number of alkyl halides is 10. The molecule has 1 aromatic heterocycles. The van der Waals surface area contributed by atoms with E-state index >= 15 is 0 Å². The van der Waals surface area contributed by atoms with Crippen LogP contribution in [-0.4, -0.2) is 89.1 Å². The quantitative estimate of drug-likeness (QED) is 0.0664. The molecule has 0 spiro atoms. The van der Waals surface area contributed by atoms with Gasteiger partial charge in [0.15, 0.2) is 12.5 Å². The van der Waals surface area contributed by atoms with Crippen LogP contribution in [0.15, 0.2) is 42.7 Å². The number of nitrogens with zero attached hydrogens (tertiary/aromatic N) is 4. The molecule has 1 saturated carbocycles. The van der Waals surface area contributed by atoms with Gasteiger partial charge in [0.25, 0.3) is 5.91 Å². The van der Waals surface area contributed by atoms with Crippen LogP contribution in [0, 0.1) is 16.7 Å². The largest absolute Gasteiger partial charge is 0.573 e. The van der Waals surface area contributed by atoms with Gasteiger partial charge in [-0.15, -0.1) is 13.2 Å². The maximum atomic E-state index is 14.9. The number of hydrogen-bond donors (Lipinski definition) is 0. The van der Waals surface area contributed by atoms with Gasteiger partial charge >= 0.3 is 36.5 Å². The number of nitriles is 1. The Morgan fingerprint density at radius 1 is 0.869 bits per heavy atom. The number of amides is 1. The van der Waals surface area contributed by atoms with Gasteiger partial charge in [0, 0.05) is 17.3 Å². The van der Waals surface area contributed by atoms with E-state index in [4.69, 9.17) is 42.1 Å². The molecule has 0 aliphatic heterocycles. The fraction of sp³-hybridized carbons (Fsp3) is 0.486. The van der Waals surface area contributed by atoms with Gasteiger partial charge in [0.2, 0.25) is 0 Å². The molecule has 2 aromatic carbocycles. The molecule has 61 heavy (non-hydrogen) atoms. The maximum Gasteiger partial charge on any atom is 0.573 e. The van der Waals surface area contributed by atoms with Crippen molar-refractivity contribution in [1.29, 1.82) is 5.26 Å². The monoisotopic (exact) mass is 922 g/mol. The van der Waals surface area contributed by atoms with Crippen LogP contribution in [0.3, 0.4) is 0 Å². The minimum atomic E-state index is -6.70. The van der Waals surface area contributed by atoms with Gasteiger partial charge in [-0.05, 0) is 77.3 Å². The number of halogens is 12. The van der Waals surface area contributed by atoms with Crippen molar-refractivity contribution in [3.63, 3.8) is 0 Å². The van der Waals surface area contributed by atoms with E-state index in [2.05, 4.69) is 9.84 Å². The first kappa shape index (κ1) is 48.7. The number of carbonyl (C=O) groups excluding carboxylic acids is 3. The summed E-state index contributed by atoms with van der Waals surface area (Å²) in [4.78, 5) is 39.6. The molecule has 0 radical (unpaired) electrons. The minimum Gasteiger partial charge on any atom is -0.459 e. The molecule has 12 nitrogen and oxygen atoms in total. The highest BCUT2D eigenvalue weighted by atomic mass is 35.5. The molecule has 1 fully saturated rings. The van der Waals surface area contributed by atoms with Gasteiger partial charge in [-0.2, -0.15) is 36.7 Å². The Balaban J connectivity index is 1.55. The fourth-order valence-corrected chi connectivity index (χ4v) is 5.87. The average Bonchev–Trinajstić information content (AvgIpc) is 3.76. The molecule has 0 bridgehead atoms. The Labute approximate surface area is 350 Å². The van der Waals surface area contributed by atoms with Crippen LogP contribution >= 0.6 is 23.2 Å². The summed E-state index contributed by atoms with van der Waals surface area (Å²) in [5, 5.41) is 12.2. The van der Waals surface area contributed by atoms with Crippen LogP contribution in [0.25, 0.3) is 16.8 Å². The summed E-state index contributed by atoms with van der Waals surface area (Å²) in [6.45, 7) is 6.92. The number of benzene rings is 2. The number of rotatable bonds is 14. The molecular weight excluding hydrogens is 889 g/mol. The predicted molar refractivity (Wildman–Crippen MR) is 192 cm³/mol. The first-order chi connectivity index (χ1) is 27.9. The topological polar surface area (TPSA) is 142 Å². The molecule has 1 aliphatic rings. The van der Waals surface area contributed by atoms with Gasteiger partial charge in [-0.3, -0.25) is 14.5 Å². The van der Waals surface area contributed by atoms with E-state index in [1.807, 2.05) is 6.07 Å². The van der Waals surface area contributed by atoms with Crippen molar-refractivity contribution >= 4 is 41.2 Å². The predicted octanol–water partition coefficient (Wildman–Crippen LogP) is 10.0. The van der Waals surface area contributed by atoms with Crippen molar-refractivity contribution in [2.24, 2.45) is 5.41 Å². The van der Waals surface area contributed by atoms with Crippen molar-refractivity contribution in [3.8, 4) is 28.6 Å². The molecule has 1 amide bonds. The van der Waals surface area contributed by atoms with Crippen molar-refractivity contribution in [2.75, 3.05) is 26.6 Å². The van der Waals surface area contributed by atoms with Gasteiger partial charge in [-0.25, -0.2) is 13.9 Å². The molecule has 1 heterocycles. The van der Waals surface area contributed by atoms with Gasteiger partial charge in [0.05, 0.1) is 46.5 Å². The lowest BCUT2D eigenvalue weighted by Gasteiger charge is -2.31. The summed E-state index contributed by atoms with van der Waals surface area (Å²) >= 11 is 12.3. The Bertz CT molecular complexity index is 2160. The number of carbonyl (C=O) groups is 3. The van der Waals surface area contributed by atoms with Crippen LogP contribution in [0.5, 0.6) is 5.75 Å². The molecule has 1 aliphatic carbocycles. The van der Waals surface area contributed by atoms with E-state index in [0.717, 1.165) is 23.4 Å². The lowest BCUT2D eigenvalue weighted by Crippen LogP contribution is -2.50. The van der Waals surface area contributed by atoms with E-state index in [0.29, 0.717) is 4.68 Å².